The van der Waals surface area contributed by atoms with E-state index in [1.54, 1.807) is 6.07 Å². The number of nitrogens with one attached hydrogen (secondary N) is 1. The fraction of sp³-hybridized carbons (Fsp3) is 0.167. The molecule has 6 heteroatoms. The Kier molecular flexibility index (Phi) is 6.80. The minimum absolute atomic E-state index is 0.0671. The van der Waals surface area contributed by atoms with Crippen molar-refractivity contribution in [2.75, 3.05) is 0 Å². The Morgan fingerprint density at radius 1 is 0.900 bits per heavy atom. The fourth-order valence-electron chi connectivity index (χ4n) is 3.46. The number of amides is 1. The molecule has 3 rings (SSSR count). The number of carbonyl (C=O) groups is 2. The average molecular weight is 442 g/mol. The summed E-state index contributed by atoms with van der Waals surface area (Å²) in [5.74, 6) is -1.75. The van der Waals surface area contributed by atoms with Gasteiger partial charge in [-0.2, -0.15) is 0 Å². The van der Waals surface area contributed by atoms with Gasteiger partial charge in [-0.1, -0.05) is 71.7 Å². The number of aryl methyl sites for hydroxylation is 2. The highest BCUT2D eigenvalue weighted by atomic mass is 35.5. The molecular weight excluding hydrogens is 421 g/mol. The standard InChI is InChI=1S/C24H21Cl2NO3/c1-14-5-3-6-15(2)21(14)17-11-9-16(10-12-17)13-20(24(29)30)27-23(28)22-18(25)7-4-8-19(22)26/h3-12,20H,13H2,1-2H3,(H,27,28)(H,29,30)/t20-/m0/s1. The molecule has 0 saturated carbocycles. The summed E-state index contributed by atoms with van der Waals surface area (Å²) in [7, 11) is 0. The van der Waals surface area contributed by atoms with Gasteiger partial charge in [0.2, 0.25) is 0 Å². The Hall–Kier alpha value is -2.82. The first kappa shape index (κ1) is 21.9. The maximum absolute atomic E-state index is 12.6. The molecule has 3 aromatic rings. The number of benzene rings is 3. The van der Waals surface area contributed by atoms with Crippen LogP contribution in [0.25, 0.3) is 11.1 Å². The molecule has 0 heterocycles. The van der Waals surface area contributed by atoms with Gasteiger partial charge >= 0.3 is 5.97 Å². The fourth-order valence-corrected chi connectivity index (χ4v) is 4.03. The smallest absolute Gasteiger partial charge is 0.326 e. The first-order chi connectivity index (χ1) is 14.3. The molecule has 154 valence electrons. The Bertz CT molecular complexity index is 1050. The lowest BCUT2D eigenvalue weighted by atomic mass is 9.94. The van der Waals surface area contributed by atoms with E-state index in [0.29, 0.717) is 0 Å². The van der Waals surface area contributed by atoms with E-state index in [1.807, 2.05) is 30.3 Å². The van der Waals surface area contributed by atoms with Gasteiger partial charge in [-0.3, -0.25) is 4.79 Å². The molecule has 0 bridgehead atoms. The number of halogens is 2. The van der Waals surface area contributed by atoms with Crippen molar-refractivity contribution in [2.45, 2.75) is 26.3 Å². The zero-order valence-electron chi connectivity index (χ0n) is 16.6. The predicted molar refractivity (Wildman–Crippen MR) is 120 cm³/mol. The van der Waals surface area contributed by atoms with Crippen molar-refractivity contribution in [1.82, 2.24) is 5.32 Å². The van der Waals surface area contributed by atoms with Crippen LogP contribution in [0.4, 0.5) is 0 Å². The van der Waals surface area contributed by atoms with Crippen LogP contribution in [-0.2, 0) is 11.2 Å². The number of rotatable bonds is 6. The molecule has 0 spiro atoms. The van der Waals surface area contributed by atoms with Gasteiger partial charge in [-0.05, 0) is 53.8 Å². The first-order valence-electron chi connectivity index (χ1n) is 9.41. The number of hydrogen-bond donors (Lipinski definition) is 2. The highest BCUT2D eigenvalue weighted by Gasteiger charge is 2.23. The molecule has 30 heavy (non-hydrogen) atoms. The van der Waals surface area contributed by atoms with Gasteiger partial charge in [0.25, 0.3) is 5.91 Å². The zero-order chi connectivity index (χ0) is 21.8. The third-order valence-corrected chi connectivity index (χ3v) is 5.59. The van der Waals surface area contributed by atoms with Crippen molar-refractivity contribution in [3.8, 4) is 11.1 Å². The lowest BCUT2D eigenvalue weighted by Crippen LogP contribution is -2.42. The van der Waals surface area contributed by atoms with Gasteiger partial charge in [0, 0.05) is 6.42 Å². The van der Waals surface area contributed by atoms with Crippen molar-refractivity contribution in [2.24, 2.45) is 0 Å². The van der Waals surface area contributed by atoms with Crippen LogP contribution in [-0.4, -0.2) is 23.0 Å². The Morgan fingerprint density at radius 3 is 1.97 bits per heavy atom. The van der Waals surface area contributed by atoms with Gasteiger partial charge in [0.15, 0.2) is 0 Å². The SMILES string of the molecule is Cc1cccc(C)c1-c1ccc(C[C@H](NC(=O)c2c(Cl)cccc2Cl)C(=O)O)cc1. The van der Waals surface area contributed by atoms with Gasteiger partial charge < -0.3 is 10.4 Å². The van der Waals surface area contributed by atoms with Crippen LogP contribution in [0, 0.1) is 13.8 Å². The summed E-state index contributed by atoms with van der Waals surface area (Å²) in [6.45, 7) is 4.12. The topological polar surface area (TPSA) is 66.4 Å². The normalized spacial score (nSPS) is 11.7. The summed E-state index contributed by atoms with van der Waals surface area (Å²) in [5.41, 5.74) is 5.44. The van der Waals surface area contributed by atoms with E-state index in [1.165, 1.54) is 28.8 Å². The van der Waals surface area contributed by atoms with Crippen molar-refractivity contribution >= 4 is 35.1 Å². The van der Waals surface area contributed by atoms with Crippen LogP contribution >= 0.6 is 23.2 Å². The van der Waals surface area contributed by atoms with E-state index in [4.69, 9.17) is 23.2 Å². The van der Waals surface area contributed by atoms with Gasteiger partial charge in [0.1, 0.15) is 6.04 Å². The van der Waals surface area contributed by atoms with E-state index in [9.17, 15) is 14.7 Å². The van der Waals surface area contributed by atoms with Crippen LogP contribution in [0.1, 0.15) is 27.0 Å². The molecule has 0 aliphatic rings. The van der Waals surface area contributed by atoms with Gasteiger partial charge in [-0.15, -0.1) is 0 Å². The molecule has 1 atom stereocenters. The molecule has 0 unspecified atom stereocenters. The second-order valence-electron chi connectivity index (χ2n) is 7.13. The van der Waals surface area contributed by atoms with E-state index >= 15 is 0 Å². The van der Waals surface area contributed by atoms with Crippen LogP contribution < -0.4 is 5.32 Å². The van der Waals surface area contributed by atoms with Crippen molar-refractivity contribution in [1.29, 1.82) is 0 Å². The van der Waals surface area contributed by atoms with E-state index in [-0.39, 0.29) is 22.0 Å². The van der Waals surface area contributed by atoms with Crippen molar-refractivity contribution < 1.29 is 14.7 Å². The van der Waals surface area contributed by atoms with E-state index in [2.05, 4.69) is 31.3 Å². The van der Waals surface area contributed by atoms with E-state index < -0.39 is 17.9 Å². The van der Waals surface area contributed by atoms with Crippen LogP contribution in [0.2, 0.25) is 10.0 Å². The molecule has 4 nitrogen and oxygen atoms in total. The molecule has 0 radical (unpaired) electrons. The zero-order valence-corrected chi connectivity index (χ0v) is 18.1. The second-order valence-corrected chi connectivity index (χ2v) is 7.94. The summed E-state index contributed by atoms with van der Waals surface area (Å²) in [6.07, 6.45) is 0.135. The van der Waals surface area contributed by atoms with Gasteiger partial charge in [-0.25, -0.2) is 4.79 Å². The Labute approximate surface area is 185 Å². The summed E-state index contributed by atoms with van der Waals surface area (Å²) in [5, 5.41) is 12.5. The highest BCUT2D eigenvalue weighted by molar-refractivity contribution is 6.39. The monoisotopic (exact) mass is 441 g/mol. The maximum Gasteiger partial charge on any atom is 0.326 e. The third-order valence-electron chi connectivity index (χ3n) is 4.96. The predicted octanol–water partition coefficient (Wildman–Crippen LogP) is 5.70. The summed E-state index contributed by atoms with van der Waals surface area (Å²) in [4.78, 5) is 24.3. The molecule has 0 aliphatic heterocycles. The minimum atomic E-state index is -1.13. The number of carboxylic acids is 1. The number of aliphatic carboxylic acids is 1. The number of hydrogen-bond acceptors (Lipinski definition) is 2. The second kappa shape index (κ2) is 9.33. The Morgan fingerprint density at radius 2 is 1.43 bits per heavy atom. The average Bonchev–Trinajstić information content (AvgIpc) is 2.68. The number of carboxylic acid groups (broad SMARTS) is 1. The minimum Gasteiger partial charge on any atom is -0.480 e. The largest absolute Gasteiger partial charge is 0.480 e. The Balaban J connectivity index is 1.79. The molecular formula is C24H21Cl2NO3. The lowest BCUT2D eigenvalue weighted by molar-refractivity contribution is -0.139. The quantitative estimate of drug-likeness (QED) is 0.515. The number of carbonyl (C=O) groups excluding carboxylic acids is 1. The summed E-state index contributed by atoms with van der Waals surface area (Å²) in [6, 6.07) is 17.4. The third kappa shape index (κ3) is 4.84. The van der Waals surface area contributed by atoms with Crippen LogP contribution in [0.15, 0.2) is 60.7 Å². The molecule has 0 fully saturated rings. The molecule has 0 saturated heterocycles. The van der Waals surface area contributed by atoms with Crippen molar-refractivity contribution in [3.63, 3.8) is 0 Å². The molecule has 3 aromatic carbocycles. The summed E-state index contributed by atoms with van der Waals surface area (Å²) < 4.78 is 0. The van der Waals surface area contributed by atoms with Crippen molar-refractivity contribution in [3.05, 3.63) is 93.0 Å². The molecule has 1 amide bonds. The van der Waals surface area contributed by atoms with Crippen LogP contribution in [0.5, 0.6) is 0 Å². The first-order valence-corrected chi connectivity index (χ1v) is 10.2. The molecule has 0 aromatic heterocycles. The molecule has 0 aliphatic carbocycles. The van der Waals surface area contributed by atoms with E-state index in [0.717, 1.165) is 11.1 Å². The highest BCUT2D eigenvalue weighted by Crippen LogP contribution is 2.28. The maximum atomic E-state index is 12.6. The summed E-state index contributed by atoms with van der Waals surface area (Å²) >= 11 is 12.1. The van der Waals surface area contributed by atoms with Gasteiger partial charge in [0.05, 0.1) is 15.6 Å². The van der Waals surface area contributed by atoms with Crippen LogP contribution in [0.3, 0.4) is 0 Å². The molecule has 2 N–H and O–H groups in total. The lowest BCUT2D eigenvalue weighted by Gasteiger charge is -2.16.